The number of aliphatic hydroxyl groups excluding tert-OH is 1. The summed E-state index contributed by atoms with van der Waals surface area (Å²) in [5, 5.41) is 10.2. The zero-order valence-corrected chi connectivity index (χ0v) is 14.2. The van der Waals surface area contributed by atoms with Crippen LogP contribution < -0.4 is 4.74 Å². The third-order valence-electron chi connectivity index (χ3n) is 5.39. The molecule has 1 aliphatic carbocycles. The van der Waals surface area contributed by atoms with Gasteiger partial charge in [-0.1, -0.05) is 30.7 Å². The van der Waals surface area contributed by atoms with Gasteiger partial charge in [0.1, 0.15) is 5.75 Å². The first-order valence-electron chi connectivity index (χ1n) is 8.95. The van der Waals surface area contributed by atoms with Crippen LogP contribution in [0.2, 0.25) is 0 Å². The fourth-order valence-corrected chi connectivity index (χ4v) is 3.98. The van der Waals surface area contributed by atoms with Crippen molar-refractivity contribution in [3.8, 4) is 5.75 Å². The highest BCUT2D eigenvalue weighted by Crippen LogP contribution is 2.36. The molecule has 0 aromatic heterocycles. The summed E-state index contributed by atoms with van der Waals surface area (Å²) in [7, 11) is 1.67. The first-order valence-corrected chi connectivity index (χ1v) is 8.95. The van der Waals surface area contributed by atoms with E-state index >= 15 is 0 Å². The average molecular weight is 315 g/mol. The summed E-state index contributed by atoms with van der Waals surface area (Å²) in [6.45, 7) is 3.47. The van der Waals surface area contributed by atoms with E-state index in [1.54, 1.807) is 7.11 Å². The van der Waals surface area contributed by atoms with E-state index in [4.69, 9.17) is 4.74 Å². The molecule has 3 nitrogen and oxygen atoms in total. The number of ether oxygens (including phenoxy) is 1. The molecule has 1 aromatic carbocycles. The number of hydrogen-bond donors (Lipinski definition) is 1. The summed E-state index contributed by atoms with van der Waals surface area (Å²) in [5.41, 5.74) is 1.09. The molecule has 1 heterocycles. The molecule has 1 saturated heterocycles. The lowest BCUT2D eigenvalue weighted by Crippen LogP contribution is -2.31. The molecule has 1 aromatic rings. The molecular formula is C20H29NO2. The van der Waals surface area contributed by atoms with Crippen molar-refractivity contribution >= 4 is 6.08 Å². The maximum atomic E-state index is 10.2. The van der Waals surface area contributed by atoms with Crippen molar-refractivity contribution in [2.45, 2.75) is 38.2 Å². The Morgan fingerprint density at radius 3 is 2.78 bits per heavy atom. The van der Waals surface area contributed by atoms with Crippen molar-refractivity contribution in [3.05, 3.63) is 35.9 Å². The Kier molecular flexibility index (Phi) is 5.74. The molecule has 1 saturated carbocycles. The monoisotopic (exact) mass is 315 g/mol. The molecule has 0 radical (unpaired) electrons. The molecule has 1 N–H and O–H groups in total. The Balaban J connectivity index is 1.43. The number of hydrogen-bond acceptors (Lipinski definition) is 3. The predicted molar refractivity (Wildman–Crippen MR) is 94.5 cm³/mol. The predicted octanol–water partition coefficient (Wildman–Crippen LogP) is 3.58. The quantitative estimate of drug-likeness (QED) is 0.871. The summed E-state index contributed by atoms with van der Waals surface area (Å²) in [6.07, 6.45) is 10.0. The lowest BCUT2D eigenvalue weighted by Gasteiger charge is -2.25. The molecule has 23 heavy (non-hydrogen) atoms. The molecule has 3 heteroatoms. The second-order valence-corrected chi connectivity index (χ2v) is 7.12. The highest BCUT2D eigenvalue weighted by atomic mass is 16.5. The van der Waals surface area contributed by atoms with Crippen LogP contribution in [0.3, 0.4) is 0 Å². The standard InChI is InChI=1S/C20H29NO2/c1-23-20-8-5-16(6-9-20)4-7-19(22)11-13-21-12-10-17-2-3-18(14-17)15-21/h4-9,17-19,22H,2-3,10-15H2,1H3/b7-4+. The zero-order valence-electron chi connectivity index (χ0n) is 14.2. The Hall–Kier alpha value is -1.32. The largest absolute Gasteiger partial charge is 0.497 e. The van der Waals surface area contributed by atoms with E-state index in [0.717, 1.165) is 36.1 Å². The molecule has 3 atom stereocenters. The van der Waals surface area contributed by atoms with Gasteiger partial charge in [0, 0.05) is 13.1 Å². The minimum absolute atomic E-state index is 0.363. The summed E-state index contributed by atoms with van der Waals surface area (Å²) in [6, 6.07) is 7.90. The number of rotatable bonds is 6. The van der Waals surface area contributed by atoms with Gasteiger partial charge in [-0.25, -0.2) is 0 Å². The second-order valence-electron chi connectivity index (χ2n) is 7.12. The van der Waals surface area contributed by atoms with Gasteiger partial charge in [0.2, 0.25) is 0 Å². The third kappa shape index (κ3) is 4.82. The van der Waals surface area contributed by atoms with Gasteiger partial charge in [0.15, 0.2) is 0 Å². The van der Waals surface area contributed by atoms with Crippen LogP contribution in [0.4, 0.5) is 0 Å². The molecule has 1 aliphatic heterocycles. The molecular weight excluding hydrogens is 286 g/mol. The second kappa shape index (κ2) is 7.98. The van der Waals surface area contributed by atoms with Gasteiger partial charge in [-0.05, 0) is 61.8 Å². The highest BCUT2D eigenvalue weighted by Gasteiger charge is 2.29. The third-order valence-corrected chi connectivity index (χ3v) is 5.39. The highest BCUT2D eigenvalue weighted by molar-refractivity contribution is 5.51. The van der Waals surface area contributed by atoms with Crippen molar-refractivity contribution in [1.29, 1.82) is 0 Å². The van der Waals surface area contributed by atoms with Crippen molar-refractivity contribution in [2.75, 3.05) is 26.7 Å². The van der Waals surface area contributed by atoms with E-state index in [2.05, 4.69) is 4.90 Å². The fraction of sp³-hybridized carbons (Fsp3) is 0.600. The molecule has 2 aliphatic rings. The zero-order chi connectivity index (χ0) is 16.1. The number of fused-ring (bicyclic) bond motifs is 2. The first-order chi connectivity index (χ1) is 11.2. The van der Waals surface area contributed by atoms with Crippen LogP contribution in [0, 0.1) is 11.8 Å². The van der Waals surface area contributed by atoms with E-state index in [-0.39, 0.29) is 6.10 Å². The number of benzene rings is 1. The average Bonchev–Trinajstić information content (AvgIpc) is 2.92. The lowest BCUT2D eigenvalue weighted by molar-refractivity contribution is 0.168. The van der Waals surface area contributed by atoms with Crippen LogP contribution in [0.25, 0.3) is 6.08 Å². The Morgan fingerprint density at radius 1 is 1.22 bits per heavy atom. The molecule has 3 unspecified atom stereocenters. The maximum absolute atomic E-state index is 10.2. The van der Waals surface area contributed by atoms with E-state index in [1.165, 1.54) is 38.8 Å². The normalized spacial score (nSPS) is 26.3. The summed E-state index contributed by atoms with van der Waals surface area (Å²) >= 11 is 0. The Bertz CT molecular complexity index is 511. The Morgan fingerprint density at radius 2 is 2.00 bits per heavy atom. The molecule has 0 spiro atoms. The minimum atomic E-state index is -0.363. The van der Waals surface area contributed by atoms with Crippen LogP contribution >= 0.6 is 0 Å². The van der Waals surface area contributed by atoms with Crippen LogP contribution in [0.5, 0.6) is 5.75 Å². The molecule has 0 amide bonds. The fourth-order valence-electron chi connectivity index (χ4n) is 3.98. The van der Waals surface area contributed by atoms with E-state index in [9.17, 15) is 5.11 Å². The Labute approximate surface area is 140 Å². The van der Waals surface area contributed by atoms with Crippen LogP contribution in [0.1, 0.15) is 37.7 Å². The van der Waals surface area contributed by atoms with Crippen LogP contribution in [-0.2, 0) is 0 Å². The molecule has 3 rings (SSSR count). The lowest BCUT2D eigenvalue weighted by atomic mass is 10.0. The van der Waals surface area contributed by atoms with Gasteiger partial charge in [0.05, 0.1) is 13.2 Å². The van der Waals surface area contributed by atoms with Crippen molar-refractivity contribution < 1.29 is 9.84 Å². The topological polar surface area (TPSA) is 32.7 Å². The van der Waals surface area contributed by atoms with E-state index < -0.39 is 0 Å². The number of likely N-dealkylation sites (tertiary alicyclic amines) is 1. The van der Waals surface area contributed by atoms with E-state index in [0.29, 0.717) is 0 Å². The number of aliphatic hydroxyl groups is 1. The maximum Gasteiger partial charge on any atom is 0.118 e. The first kappa shape index (κ1) is 16.5. The summed E-state index contributed by atoms with van der Waals surface area (Å²) in [5.74, 6) is 2.75. The van der Waals surface area contributed by atoms with Crippen LogP contribution in [-0.4, -0.2) is 42.9 Å². The van der Waals surface area contributed by atoms with Gasteiger partial charge in [0.25, 0.3) is 0 Å². The van der Waals surface area contributed by atoms with Crippen molar-refractivity contribution in [2.24, 2.45) is 11.8 Å². The summed E-state index contributed by atoms with van der Waals surface area (Å²) in [4.78, 5) is 2.56. The summed E-state index contributed by atoms with van der Waals surface area (Å²) < 4.78 is 5.15. The molecule has 126 valence electrons. The molecule has 2 fully saturated rings. The minimum Gasteiger partial charge on any atom is -0.497 e. The van der Waals surface area contributed by atoms with Crippen molar-refractivity contribution in [1.82, 2.24) is 4.90 Å². The van der Waals surface area contributed by atoms with Crippen molar-refractivity contribution in [3.63, 3.8) is 0 Å². The van der Waals surface area contributed by atoms with Gasteiger partial charge in [-0.3, -0.25) is 0 Å². The van der Waals surface area contributed by atoms with E-state index in [1.807, 2.05) is 36.4 Å². The number of methoxy groups -OCH3 is 1. The van der Waals surface area contributed by atoms with Gasteiger partial charge in [-0.15, -0.1) is 0 Å². The van der Waals surface area contributed by atoms with Gasteiger partial charge in [-0.2, -0.15) is 0 Å². The van der Waals surface area contributed by atoms with Gasteiger partial charge >= 0.3 is 0 Å². The van der Waals surface area contributed by atoms with Crippen LogP contribution in [0.15, 0.2) is 30.3 Å². The molecule has 2 bridgehead atoms. The smallest absolute Gasteiger partial charge is 0.118 e. The SMILES string of the molecule is COc1ccc(/C=C/C(O)CCN2CCC3CCC(C3)C2)cc1. The van der Waals surface area contributed by atoms with Gasteiger partial charge < -0.3 is 14.7 Å². The number of nitrogens with zero attached hydrogens (tertiary/aromatic N) is 1.